The van der Waals surface area contributed by atoms with Crippen LogP contribution in [0.4, 0.5) is 0 Å². The number of hydrogen-bond acceptors (Lipinski definition) is 1. The summed E-state index contributed by atoms with van der Waals surface area (Å²) in [5.41, 5.74) is 2.32. The molecule has 2 aromatic carbocycles. The maximum atomic E-state index is 12.4. The van der Waals surface area contributed by atoms with E-state index in [1.807, 2.05) is 62.4 Å². The molecule has 0 aromatic heterocycles. The van der Waals surface area contributed by atoms with Gasteiger partial charge in [-0.3, -0.25) is 0 Å². The van der Waals surface area contributed by atoms with Crippen LogP contribution in [0.15, 0.2) is 48.5 Å². The quantitative estimate of drug-likeness (QED) is 0.766. The molecule has 2 heteroatoms. The average molecular weight is 277 g/mol. The second-order valence-electron chi connectivity index (χ2n) is 3.90. The van der Waals surface area contributed by atoms with Gasteiger partial charge in [-0.05, 0) is 0 Å². The Bertz CT molecular complexity index is 484. The summed E-state index contributed by atoms with van der Waals surface area (Å²) in [7, 11) is 0. The molecule has 0 amide bonds. The Morgan fingerprint density at radius 3 is 1.62 bits per heavy atom. The first kappa shape index (κ1) is 11.3. The van der Waals surface area contributed by atoms with Gasteiger partial charge in [0.15, 0.2) is 0 Å². The molecular weight excluding hydrogens is 263 g/mol. The molecular formula is C14H14OSe. The molecule has 1 nitrogen and oxygen atoms in total. The van der Waals surface area contributed by atoms with Crippen molar-refractivity contribution in [2.24, 2.45) is 0 Å². The number of benzene rings is 2. The zero-order chi connectivity index (χ0) is 11.5. The zero-order valence-corrected chi connectivity index (χ0v) is 11.1. The second kappa shape index (κ2) is 4.73. The fraction of sp³-hybridized carbons (Fsp3) is 0.143. The Labute approximate surface area is 100 Å². The number of hydrogen-bond donors (Lipinski definition) is 0. The SMILES string of the molecule is Cc1cccc([Se](=O)c2cccc(C)c2)c1. The normalized spacial score (nSPS) is 10.7. The molecule has 0 fully saturated rings. The summed E-state index contributed by atoms with van der Waals surface area (Å²) in [6.45, 7) is 4.05. The molecule has 0 saturated carbocycles. The Morgan fingerprint density at radius 2 is 1.25 bits per heavy atom. The third kappa shape index (κ3) is 2.46. The van der Waals surface area contributed by atoms with Gasteiger partial charge < -0.3 is 0 Å². The van der Waals surface area contributed by atoms with Gasteiger partial charge in [-0.25, -0.2) is 0 Å². The molecule has 2 rings (SSSR count). The van der Waals surface area contributed by atoms with Crippen molar-refractivity contribution in [3.05, 3.63) is 59.7 Å². The Morgan fingerprint density at radius 1 is 0.812 bits per heavy atom. The van der Waals surface area contributed by atoms with Gasteiger partial charge >= 0.3 is 100 Å². The van der Waals surface area contributed by atoms with Crippen molar-refractivity contribution in [2.45, 2.75) is 13.8 Å². The van der Waals surface area contributed by atoms with E-state index in [0.717, 1.165) is 20.1 Å². The van der Waals surface area contributed by atoms with E-state index in [2.05, 4.69) is 0 Å². The van der Waals surface area contributed by atoms with Gasteiger partial charge in [0.25, 0.3) is 0 Å². The summed E-state index contributed by atoms with van der Waals surface area (Å²) in [4.78, 5) is 0. The first-order chi connectivity index (χ1) is 7.66. The summed E-state index contributed by atoms with van der Waals surface area (Å²) in [5.74, 6) is 0. The first-order valence-electron chi connectivity index (χ1n) is 5.22. The van der Waals surface area contributed by atoms with Crippen molar-refractivity contribution in [3.63, 3.8) is 0 Å². The fourth-order valence-electron chi connectivity index (χ4n) is 1.60. The number of rotatable bonds is 2. The van der Waals surface area contributed by atoms with Crippen LogP contribution in [-0.2, 0) is 3.83 Å². The Hall–Kier alpha value is -1.24. The van der Waals surface area contributed by atoms with Crippen LogP contribution in [0.3, 0.4) is 0 Å². The van der Waals surface area contributed by atoms with Crippen molar-refractivity contribution in [2.75, 3.05) is 0 Å². The van der Waals surface area contributed by atoms with E-state index >= 15 is 0 Å². The van der Waals surface area contributed by atoms with E-state index in [-0.39, 0.29) is 0 Å². The third-order valence-electron chi connectivity index (χ3n) is 2.41. The maximum absolute atomic E-state index is 12.4. The van der Waals surface area contributed by atoms with Crippen LogP contribution in [0.5, 0.6) is 0 Å². The van der Waals surface area contributed by atoms with Gasteiger partial charge in [0.1, 0.15) is 0 Å². The van der Waals surface area contributed by atoms with Gasteiger partial charge in [0.2, 0.25) is 0 Å². The van der Waals surface area contributed by atoms with Crippen LogP contribution < -0.4 is 8.92 Å². The summed E-state index contributed by atoms with van der Waals surface area (Å²) in [5, 5.41) is 0. The van der Waals surface area contributed by atoms with Gasteiger partial charge in [-0.15, -0.1) is 0 Å². The standard InChI is InChI=1S/C14H14OSe/c1-11-5-3-7-13(9-11)16(15)14-8-4-6-12(2)10-14/h3-10H,1-2H3. The van der Waals surface area contributed by atoms with Crippen molar-refractivity contribution in [1.29, 1.82) is 0 Å². The van der Waals surface area contributed by atoms with E-state index < -0.39 is 13.8 Å². The van der Waals surface area contributed by atoms with Crippen LogP contribution in [0.2, 0.25) is 0 Å². The second-order valence-corrected chi connectivity index (χ2v) is 7.01. The van der Waals surface area contributed by atoms with Gasteiger partial charge in [-0.2, -0.15) is 0 Å². The van der Waals surface area contributed by atoms with Crippen molar-refractivity contribution >= 4 is 22.8 Å². The molecule has 0 unspecified atom stereocenters. The van der Waals surface area contributed by atoms with Crippen molar-refractivity contribution < 1.29 is 3.83 Å². The molecule has 0 atom stereocenters. The molecule has 0 N–H and O–H groups in total. The van der Waals surface area contributed by atoms with E-state index in [1.54, 1.807) is 0 Å². The zero-order valence-electron chi connectivity index (χ0n) is 9.44. The molecule has 0 bridgehead atoms. The molecule has 0 spiro atoms. The molecule has 16 heavy (non-hydrogen) atoms. The van der Waals surface area contributed by atoms with Crippen LogP contribution in [0, 0.1) is 13.8 Å². The van der Waals surface area contributed by atoms with E-state index in [0.29, 0.717) is 0 Å². The monoisotopic (exact) mass is 278 g/mol. The van der Waals surface area contributed by atoms with E-state index in [9.17, 15) is 3.83 Å². The Kier molecular flexibility index (Phi) is 3.33. The molecule has 0 aliphatic rings. The number of aryl methyl sites for hydroxylation is 2. The summed E-state index contributed by atoms with van der Waals surface area (Å²) < 4.78 is 14.3. The van der Waals surface area contributed by atoms with Gasteiger partial charge in [0, 0.05) is 0 Å². The molecule has 0 aliphatic heterocycles. The van der Waals surface area contributed by atoms with Crippen LogP contribution >= 0.6 is 0 Å². The molecule has 2 aromatic rings. The fourth-order valence-corrected chi connectivity index (χ4v) is 4.25. The predicted molar refractivity (Wildman–Crippen MR) is 68.1 cm³/mol. The van der Waals surface area contributed by atoms with Crippen LogP contribution in [-0.4, -0.2) is 13.8 Å². The molecule has 0 heterocycles. The van der Waals surface area contributed by atoms with E-state index in [4.69, 9.17) is 0 Å². The summed E-state index contributed by atoms with van der Waals surface area (Å²) in [6, 6.07) is 15.9. The first-order valence-corrected chi connectivity index (χ1v) is 7.63. The van der Waals surface area contributed by atoms with Gasteiger partial charge in [-0.1, -0.05) is 0 Å². The molecule has 0 saturated heterocycles. The van der Waals surface area contributed by atoms with Gasteiger partial charge in [0.05, 0.1) is 0 Å². The summed E-state index contributed by atoms with van der Waals surface area (Å²) in [6.07, 6.45) is 0. The molecule has 0 aliphatic carbocycles. The Balaban J connectivity index is 2.39. The molecule has 0 radical (unpaired) electrons. The van der Waals surface area contributed by atoms with E-state index in [1.165, 1.54) is 0 Å². The minimum absolute atomic E-state index is 0.964. The molecule has 82 valence electrons. The topological polar surface area (TPSA) is 17.1 Å². The summed E-state index contributed by atoms with van der Waals surface area (Å²) >= 11 is -2.08. The van der Waals surface area contributed by atoms with Crippen LogP contribution in [0.25, 0.3) is 0 Å². The predicted octanol–water partition coefficient (Wildman–Crippen LogP) is 1.84. The van der Waals surface area contributed by atoms with Crippen LogP contribution in [0.1, 0.15) is 11.1 Å². The average Bonchev–Trinajstić information content (AvgIpc) is 2.28. The van der Waals surface area contributed by atoms with Crippen molar-refractivity contribution in [3.8, 4) is 0 Å². The third-order valence-corrected chi connectivity index (χ3v) is 5.27. The minimum atomic E-state index is -2.08. The van der Waals surface area contributed by atoms with Crippen molar-refractivity contribution in [1.82, 2.24) is 0 Å².